The smallest absolute Gasteiger partial charge is 0.268 e. The third kappa shape index (κ3) is 3.47. The Morgan fingerprint density at radius 2 is 2.24 bits per heavy atom. The van der Waals surface area contributed by atoms with E-state index < -0.39 is 6.10 Å². The number of hydrogen-bond donors (Lipinski definition) is 1. The first-order valence-corrected chi connectivity index (χ1v) is 7.37. The summed E-state index contributed by atoms with van der Waals surface area (Å²) in [5.74, 6) is 0.115. The summed E-state index contributed by atoms with van der Waals surface area (Å²) in [5, 5.41) is 3.34. The molecule has 1 aromatic carbocycles. The summed E-state index contributed by atoms with van der Waals surface area (Å²) < 4.78 is 5.53. The monoisotopic (exact) mass is 310 g/mol. The molecule has 1 aliphatic rings. The van der Waals surface area contributed by atoms with Gasteiger partial charge in [0.1, 0.15) is 12.3 Å². The Morgan fingerprint density at radius 3 is 2.90 bits per heavy atom. The van der Waals surface area contributed by atoms with E-state index in [1.54, 1.807) is 25.1 Å². The fourth-order valence-corrected chi connectivity index (χ4v) is 2.28. The lowest BCUT2D eigenvalue weighted by Crippen LogP contribution is -2.49. The first-order valence-electron chi connectivity index (χ1n) is 6.99. The van der Waals surface area contributed by atoms with Gasteiger partial charge in [-0.05, 0) is 38.5 Å². The fraction of sp³-hybridized carbons (Fsp3) is 0.467. The third-order valence-electron chi connectivity index (χ3n) is 3.45. The first-order chi connectivity index (χ1) is 9.92. The molecule has 1 aromatic rings. The van der Waals surface area contributed by atoms with Gasteiger partial charge in [0.2, 0.25) is 5.91 Å². The minimum atomic E-state index is -0.616. The van der Waals surface area contributed by atoms with Crippen LogP contribution in [0, 0.1) is 0 Å². The number of hydrogen-bond acceptors (Lipinski definition) is 3. The highest BCUT2D eigenvalue weighted by Crippen LogP contribution is 2.35. The maximum Gasteiger partial charge on any atom is 0.268 e. The molecular formula is C15H19ClN2O3. The van der Waals surface area contributed by atoms with E-state index in [0.29, 0.717) is 16.5 Å². The van der Waals surface area contributed by atoms with Crippen LogP contribution in [0.5, 0.6) is 5.75 Å². The van der Waals surface area contributed by atoms with Gasteiger partial charge < -0.3 is 10.1 Å². The lowest BCUT2D eigenvalue weighted by molar-refractivity contribution is -0.128. The lowest BCUT2D eigenvalue weighted by atomic mass is 10.2. The fourth-order valence-electron chi connectivity index (χ4n) is 2.11. The number of nitrogens with one attached hydrogen (secondary N) is 1. The Kier molecular flexibility index (Phi) is 4.73. The van der Waals surface area contributed by atoms with E-state index in [4.69, 9.17) is 16.3 Å². The van der Waals surface area contributed by atoms with Crippen molar-refractivity contribution in [1.29, 1.82) is 0 Å². The summed E-state index contributed by atoms with van der Waals surface area (Å²) in [6.45, 7) is 5.54. The SMILES string of the molecule is CCC(C)NC(=O)CN1C(=O)C(C)Oc2ccc(Cl)cc21. The largest absolute Gasteiger partial charge is 0.479 e. The van der Waals surface area contributed by atoms with Crippen molar-refractivity contribution in [3.05, 3.63) is 23.2 Å². The second-order valence-electron chi connectivity index (χ2n) is 5.17. The van der Waals surface area contributed by atoms with Crippen molar-refractivity contribution < 1.29 is 14.3 Å². The normalized spacial score (nSPS) is 18.8. The van der Waals surface area contributed by atoms with Gasteiger partial charge in [0, 0.05) is 11.1 Å². The van der Waals surface area contributed by atoms with Crippen LogP contribution in [0.4, 0.5) is 5.69 Å². The van der Waals surface area contributed by atoms with E-state index in [1.165, 1.54) is 4.90 Å². The summed E-state index contributed by atoms with van der Waals surface area (Å²) in [4.78, 5) is 25.7. The zero-order valence-corrected chi connectivity index (χ0v) is 13.1. The van der Waals surface area contributed by atoms with Gasteiger partial charge in [-0.3, -0.25) is 14.5 Å². The van der Waals surface area contributed by atoms with Gasteiger partial charge in [-0.1, -0.05) is 18.5 Å². The molecule has 0 fully saturated rings. The molecule has 1 heterocycles. The molecule has 2 rings (SSSR count). The molecule has 0 aliphatic carbocycles. The summed E-state index contributed by atoms with van der Waals surface area (Å²) in [7, 11) is 0. The van der Waals surface area contributed by atoms with Crippen molar-refractivity contribution in [2.75, 3.05) is 11.4 Å². The molecule has 114 valence electrons. The van der Waals surface area contributed by atoms with Gasteiger partial charge in [0.05, 0.1) is 5.69 Å². The van der Waals surface area contributed by atoms with Gasteiger partial charge in [-0.25, -0.2) is 0 Å². The van der Waals surface area contributed by atoms with Crippen LogP contribution >= 0.6 is 11.6 Å². The van der Waals surface area contributed by atoms with Crippen LogP contribution in [0.3, 0.4) is 0 Å². The number of carbonyl (C=O) groups is 2. The number of fused-ring (bicyclic) bond motifs is 1. The highest BCUT2D eigenvalue weighted by molar-refractivity contribution is 6.31. The number of nitrogens with zero attached hydrogens (tertiary/aromatic N) is 1. The quantitative estimate of drug-likeness (QED) is 0.929. The molecule has 0 bridgehead atoms. The predicted molar refractivity (Wildman–Crippen MR) is 81.8 cm³/mol. The van der Waals surface area contributed by atoms with E-state index in [2.05, 4.69) is 5.32 Å². The van der Waals surface area contributed by atoms with Crippen molar-refractivity contribution in [3.8, 4) is 5.75 Å². The van der Waals surface area contributed by atoms with Gasteiger partial charge in [-0.15, -0.1) is 0 Å². The molecule has 0 spiro atoms. The van der Waals surface area contributed by atoms with Crippen molar-refractivity contribution >= 4 is 29.1 Å². The van der Waals surface area contributed by atoms with Crippen molar-refractivity contribution in [3.63, 3.8) is 0 Å². The summed E-state index contributed by atoms with van der Waals surface area (Å²) >= 11 is 5.98. The zero-order chi connectivity index (χ0) is 15.6. The minimum Gasteiger partial charge on any atom is -0.479 e. The molecule has 1 aliphatic heterocycles. The van der Waals surface area contributed by atoms with Crippen LogP contribution in [0.25, 0.3) is 0 Å². The maximum absolute atomic E-state index is 12.3. The molecule has 2 atom stereocenters. The molecule has 0 radical (unpaired) electrons. The number of ether oxygens (including phenoxy) is 1. The van der Waals surface area contributed by atoms with E-state index in [1.807, 2.05) is 13.8 Å². The van der Waals surface area contributed by atoms with E-state index in [-0.39, 0.29) is 24.4 Å². The number of amides is 2. The van der Waals surface area contributed by atoms with Crippen molar-refractivity contribution in [2.45, 2.75) is 39.3 Å². The van der Waals surface area contributed by atoms with Crippen molar-refractivity contribution in [1.82, 2.24) is 5.32 Å². The molecule has 1 N–H and O–H groups in total. The number of rotatable bonds is 4. The predicted octanol–water partition coefficient (Wildman–Crippen LogP) is 2.37. The van der Waals surface area contributed by atoms with Gasteiger partial charge in [0.15, 0.2) is 6.10 Å². The van der Waals surface area contributed by atoms with Gasteiger partial charge in [-0.2, -0.15) is 0 Å². The average molecular weight is 311 g/mol. The van der Waals surface area contributed by atoms with Crippen LogP contribution in [-0.4, -0.2) is 30.5 Å². The lowest BCUT2D eigenvalue weighted by Gasteiger charge is -2.32. The van der Waals surface area contributed by atoms with Crippen LogP contribution < -0.4 is 15.0 Å². The second-order valence-corrected chi connectivity index (χ2v) is 5.61. The highest BCUT2D eigenvalue weighted by atomic mass is 35.5. The Morgan fingerprint density at radius 1 is 1.52 bits per heavy atom. The molecule has 21 heavy (non-hydrogen) atoms. The Balaban J connectivity index is 2.23. The number of carbonyl (C=O) groups excluding carboxylic acids is 2. The molecule has 0 aromatic heterocycles. The Bertz CT molecular complexity index is 562. The summed E-state index contributed by atoms with van der Waals surface area (Å²) in [5.41, 5.74) is 0.532. The zero-order valence-electron chi connectivity index (χ0n) is 12.4. The average Bonchev–Trinajstić information content (AvgIpc) is 2.44. The maximum atomic E-state index is 12.3. The molecule has 5 nitrogen and oxygen atoms in total. The van der Waals surface area contributed by atoms with Crippen LogP contribution in [0.2, 0.25) is 5.02 Å². The minimum absolute atomic E-state index is 0.0375. The van der Waals surface area contributed by atoms with E-state index in [0.717, 1.165) is 6.42 Å². The van der Waals surface area contributed by atoms with Gasteiger partial charge in [0.25, 0.3) is 5.91 Å². The van der Waals surface area contributed by atoms with E-state index >= 15 is 0 Å². The van der Waals surface area contributed by atoms with E-state index in [9.17, 15) is 9.59 Å². The number of halogens is 1. The highest BCUT2D eigenvalue weighted by Gasteiger charge is 2.32. The Hall–Kier alpha value is -1.75. The van der Waals surface area contributed by atoms with Gasteiger partial charge >= 0.3 is 0 Å². The Labute approximate surface area is 129 Å². The number of anilines is 1. The molecular weight excluding hydrogens is 292 g/mol. The van der Waals surface area contributed by atoms with Crippen LogP contribution in [0.15, 0.2) is 18.2 Å². The summed E-state index contributed by atoms with van der Waals surface area (Å²) in [6.07, 6.45) is 0.219. The van der Waals surface area contributed by atoms with Crippen molar-refractivity contribution in [2.24, 2.45) is 0 Å². The topological polar surface area (TPSA) is 58.6 Å². The van der Waals surface area contributed by atoms with Crippen LogP contribution in [-0.2, 0) is 9.59 Å². The summed E-state index contributed by atoms with van der Waals surface area (Å²) in [6, 6.07) is 5.11. The first kappa shape index (κ1) is 15.6. The number of benzene rings is 1. The molecule has 0 saturated carbocycles. The van der Waals surface area contributed by atoms with Crippen LogP contribution in [0.1, 0.15) is 27.2 Å². The molecule has 6 heteroatoms. The standard InChI is InChI=1S/C15H19ClN2O3/c1-4-9(2)17-14(19)8-18-12-7-11(16)5-6-13(12)21-10(3)15(18)20/h5-7,9-10H,4,8H2,1-3H3,(H,17,19). The molecule has 2 amide bonds. The third-order valence-corrected chi connectivity index (χ3v) is 3.69. The molecule has 2 unspecified atom stereocenters. The molecule has 0 saturated heterocycles. The second kappa shape index (κ2) is 6.35.